The van der Waals surface area contributed by atoms with E-state index in [1.807, 2.05) is 24.1 Å². The molecule has 1 aliphatic rings. The Bertz CT molecular complexity index is 372. The lowest BCUT2D eigenvalue weighted by Crippen LogP contribution is -2.19. The molecule has 4 N–H and O–H groups in total. The number of hydrogen-bond acceptors (Lipinski definition) is 7. The van der Waals surface area contributed by atoms with Crippen LogP contribution in [-0.4, -0.2) is 33.8 Å². The second-order valence-corrected chi connectivity index (χ2v) is 6.06. The van der Waals surface area contributed by atoms with Gasteiger partial charge in [0.1, 0.15) is 11.6 Å². The van der Waals surface area contributed by atoms with E-state index >= 15 is 0 Å². The quantitative estimate of drug-likeness (QED) is 0.315. The summed E-state index contributed by atoms with van der Waals surface area (Å²) in [7, 11) is 0. The van der Waals surface area contributed by atoms with Crippen molar-refractivity contribution in [1.82, 2.24) is 9.97 Å². The van der Waals surface area contributed by atoms with Crippen molar-refractivity contribution in [2.75, 3.05) is 29.8 Å². The average Bonchev–Trinajstić information content (AvgIpc) is 3.16. The Morgan fingerprint density at radius 3 is 2.59 bits per heavy atom. The van der Waals surface area contributed by atoms with Gasteiger partial charge >= 0.3 is 0 Å². The zero-order valence-corrected chi connectivity index (χ0v) is 11.6. The first-order valence-corrected chi connectivity index (χ1v) is 7.85. The first kappa shape index (κ1) is 12.8. The first-order chi connectivity index (χ1) is 8.21. The van der Waals surface area contributed by atoms with Crippen LogP contribution >= 0.6 is 23.5 Å². The molecule has 94 valence electrons. The Morgan fingerprint density at radius 1 is 1.35 bits per heavy atom. The van der Waals surface area contributed by atoms with Gasteiger partial charge in [0.15, 0.2) is 5.16 Å². The number of anilines is 2. The normalized spacial score (nSPS) is 16.6. The molecule has 0 bridgehead atoms. The topological polar surface area (TPSA) is 75.9 Å². The Morgan fingerprint density at radius 2 is 2.06 bits per heavy atom. The van der Waals surface area contributed by atoms with Crippen molar-refractivity contribution in [2.45, 2.75) is 22.7 Å². The Kier molecular flexibility index (Phi) is 4.01. The molecule has 1 saturated carbocycles. The summed E-state index contributed by atoms with van der Waals surface area (Å²) in [6, 6.07) is 1.83. The molecule has 7 heteroatoms. The summed E-state index contributed by atoms with van der Waals surface area (Å²) in [5, 5.41) is 4.09. The largest absolute Gasteiger partial charge is 0.368 e. The maximum absolute atomic E-state index is 5.38. The zero-order chi connectivity index (χ0) is 12.3. The molecular formula is C10H17N5S2. The number of hydrazine groups is 1. The highest BCUT2D eigenvalue weighted by Gasteiger charge is 2.41. The lowest BCUT2D eigenvalue weighted by molar-refractivity contribution is 0.910. The summed E-state index contributed by atoms with van der Waals surface area (Å²) < 4.78 is 0.417. The van der Waals surface area contributed by atoms with E-state index in [1.165, 1.54) is 24.6 Å². The van der Waals surface area contributed by atoms with Gasteiger partial charge in [-0.05, 0) is 25.4 Å². The fourth-order valence-electron chi connectivity index (χ4n) is 1.53. The molecule has 17 heavy (non-hydrogen) atoms. The second-order valence-electron chi connectivity index (χ2n) is 4.01. The van der Waals surface area contributed by atoms with Crippen LogP contribution in [0.4, 0.5) is 11.6 Å². The van der Waals surface area contributed by atoms with Crippen LogP contribution in [0.3, 0.4) is 0 Å². The number of rotatable bonds is 6. The second kappa shape index (κ2) is 5.32. The van der Waals surface area contributed by atoms with Crippen LogP contribution in [0.1, 0.15) is 12.8 Å². The van der Waals surface area contributed by atoms with Gasteiger partial charge in [-0.15, -0.1) is 0 Å². The summed E-state index contributed by atoms with van der Waals surface area (Å²) in [6.45, 7) is 0.947. The maximum atomic E-state index is 5.38. The third-order valence-corrected chi connectivity index (χ3v) is 4.83. The Balaban J connectivity index is 2.04. The summed E-state index contributed by atoms with van der Waals surface area (Å²) in [5.41, 5.74) is 2.56. The highest BCUT2D eigenvalue weighted by molar-refractivity contribution is 8.00. The molecule has 0 spiro atoms. The van der Waals surface area contributed by atoms with E-state index in [1.54, 1.807) is 0 Å². The van der Waals surface area contributed by atoms with Crippen LogP contribution in [0, 0.1) is 0 Å². The van der Waals surface area contributed by atoms with Crippen molar-refractivity contribution < 1.29 is 0 Å². The van der Waals surface area contributed by atoms with Crippen molar-refractivity contribution in [1.29, 1.82) is 0 Å². The number of aromatic nitrogens is 2. The van der Waals surface area contributed by atoms with Crippen LogP contribution in [0.2, 0.25) is 0 Å². The molecule has 1 fully saturated rings. The van der Waals surface area contributed by atoms with E-state index in [2.05, 4.69) is 27.0 Å². The van der Waals surface area contributed by atoms with Gasteiger partial charge in [-0.1, -0.05) is 11.8 Å². The fourth-order valence-corrected chi connectivity index (χ4v) is 2.63. The molecule has 1 heterocycles. The molecule has 0 amide bonds. The average molecular weight is 271 g/mol. The van der Waals surface area contributed by atoms with E-state index in [0.29, 0.717) is 10.6 Å². The van der Waals surface area contributed by atoms with Crippen LogP contribution < -0.4 is 16.6 Å². The van der Waals surface area contributed by atoms with Crippen molar-refractivity contribution in [3.05, 3.63) is 6.07 Å². The van der Waals surface area contributed by atoms with Gasteiger partial charge in [-0.3, -0.25) is 0 Å². The van der Waals surface area contributed by atoms with Crippen LogP contribution in [0.5, 0.6) is 0 Å². The highest BCUT2D eigenvalue weighted by Crippen LogP contribution is 2.46. The molecule has 1 aliphatic carbocycles. The summed E-state index contributed by atoms with van der Waals surface area (Å²) >= 11 is 3.43. The van der Waals surface area contributed by atoms with Crippen LogP contribution in [0.25, 0.3) is 0 Å². The SMILES string of the molecule is CSc1nc(NN)cc(NCC2(SC)CC2)n1. The van der Waals surface area contributed by atoms with Gasteiger partial charge < -0.3 is 10.7 Å². The summed E-state index contributed by atoms with van der Waals surface area (Å²) in [4.78, 5) is 8.62. The van der Waals surface area contributed by atoms with Gasteiger partial charge in [-0.25, -0.2) is 15.8 Å². The van der Waals surface area contributed by atoms with Crippen molar-refractivity contribution >= 4 is 35.2 Å². The molecule has 0 aliphatic heterocycles. The van der Waals surface area contributed by atoms with Gasteiger partial charge in [0.25, 0.3) is 0 Å². The van der Waals surface area contributed by atoms with Crippen molar-refractivity contribution in [3.63, 3.8) is 0 Å². The number of hydrogen-bond donors (Lipinski definition) is 3. The number of nitrogens with two attached hydrogens (primary N) is 1. The highest BCUT2D eigenvalue weighted by atomic mass is 32.2. The third kappa shape index (κ3) is 3.17. The number of thioether (sulfide) groups is 2. The Hall–Kier alpha value is -0.660. The molecule has 0 saturated heterocycles. The molecule has 0 aromatic carbocycles. The van der Waals surface area contributed by atoms with E-state index in [9.17, 15) is 0 Å². The fraction of sp³-hybridized carbons (Fsp3) is 0.600. The molecule has 1 aromatic heterocycles. The van der Waals surface area contributed by atoms with E-state index in [4.69, 9.17) is 5.84 Å². The first-order valence-electron chi connectivity index (χ1n) is 5.40. The van der Waals surface area contributed by atoms with E-state index < -0.39 is 0 Å². The molecular weight excluding hydrogens is 254 g/mol. The molecule has 0 radical (unpaired) electrons. The number of nitrogens with one attached hydrogen (secondary N) is 2. The predicted octanol–water partition coefficient (Wildman–Crippen LogP) is 1.79. The number of nitrogen functional groups attached to an aromatic ring is 1. The lowest BCUT2D eigenvalue weighted by atomic mass is 10.4. The van der Waals surface area contributed by atoms with E-state index in [-0.39, 0.29) is 0 Å². The van der Waals surface area contributed by atoms with Crippen LogP contribution in [-0.2, 0) is 0 Å². The smallest absolute Gasteiger partial charge is 0.191 e. The lowest BCUT2D eigenvalue weighted by Gasteiger charge is -2.14. The van der Waals surface area contributed by atoms with Gasteiger partial charge in [-0.2, -0.15) is 11.8 Å². The summed E-state index contributed by atoms with van der Waals surface area (Å²) in [6.07, 6.45) is 6.67. The minimum atomic E-state index is 0.417. The van der Waals surface area contributed by atoms with Crippen molar-refractivity contribution in [2.24, 2.45) is 5.84 Å². The molecule has 1 aromatic rings. The predicted molar refractivity (Wildman–Crippen MR) is 75.6 cm³/mol. The van der Waals surface area contributed by atoms with Crippen molar-refractivity contribution in [3.8, 4) is 0 Å². The minimum Gasteiger partial charge on any atom is -0.368 e. The maximum Gasteiger partial charge on any atom is 0.191 e. The Labute approximate surface area is 110 Å². The monoisotopic (exact) mass is 271 g/mol. The minimum absolute atomic E-state index is 0.417. The molecule has 0 unspecified atom stereocenters. The van der Waals surface area contributed by atoms with Crippen LogP contribution in [0.15, 0.2) is 11.2 Å². The summed E-state index contributed by atoms with van der Waals surface area (Å²) in [5.74, 6) is 6.85. The van der Waals surface area contributed by atoms with Gasteiger partial charge in [0, 0.05) is 17.4 Å². The zero-order valence-electron chi connectivity index (χ0n) is 9.99. The van der Waals surface area contributed by atoms with Gasteiger partial charge in [0.2, 0.25) is 0 Å². The van der Waals surface area contributed by atoms with E-state index in [0.717, 1.165) is 17.5 Å². The standard InChI is InChI=1S/C10H17N5S2/c1-16-9-13-7(5-8(14-9)15-11)12-6-10(17-2)3-4-10/h5H,3-4,6,11H2,1-2H3,(H2,12,13,14,15). The molecule has 2 rings (SSSR count). The third-order valence-electron chi connectivity index (χ3n) is 2.87. The molecule has 5 nitrogen and oxygen atoms in total. The molecule has 0 atom stereocenters. The van der Waals surface area contributed by atoms with Gasteiger partial charge in [0.05, 0.1) is 0 Å². The number of nitrogens with zero attached hydrogens (tertiary/aromatic N) is 2.